The van der Waals surface area contributed by atoms with E-state index in [1.807, 2.05) is 13.1 Å². The van der Waals surface area contributed by atoms with Gasteiger partial charge in [0.1, 0.15) is 5.82 Å². The van der Waals surface area contributed by atoms with Crippen LogP contribution in [0.5, 0.6) is 0 Å². The van der Waals surface area contributed by atoms with Gasteiger partial charge in [-0.1, -0.05) is 0 Å². The van der Waals surface area contributed by atoms with Crippen LogP contribution in [0.25, 0.3) is 0 Å². The van der Waals surface area contributed by atoms with E-state index in [2.05, 4.69) is 32.2 Å². The molecule has 1 N–H and O–H groups in total. The fraction of sp³-hybridized carbons (Fsp3) is 0.500. The summed E-state index contributed by atoms with van der Waals surface area (Å²) in [5, 5.41) is 2.92. The molecule has 1 fully saturated rings. The first kappa shape index (κ1) is 15.6. The summed E-state index contributed by atoms with van der Waals surface area (Å²) in [7, 11) is 3.92. The highest BCUT2D eigenvalue weighted by molar-refractivity contribution is 5.90. The van der Waals surface area contributed by atoms with Crippen LogP contribution < -0.4 is 5.32 Å². The Labute approximate surface area is 135 Å². The van der Waals surface area contributed by atoms with Gasteiger partial charge < -0.3 is 9.88 Å². The van der Waals surface area contributed by atoms with Crippen LogP contribution in [0.2, 0.25) is 0 Å². The molecule has 23 heavy (non-hydrogen) atoms. The van der Waals surface area contributed by atoms with Crippen molar-refractivity contribution in [1.82, 2.24) is 29.7 Å². The Bertz CT molecular complexity index is 710. The third-order valence-corrected chi connectivity index (χ3v) is 4.32. The zero-order valence-corrected chi connectivity index (χ0v) is 13.8. The molecule has 1 unspecified atom stereocenters. The first-order valence-corrected chi connectivity index (χ1v) is 7.84. The Morgan fingerprint density at radius 2 is 2.22 bits per heavy atom. The fourth-order valence-electron chi connectivity index (χ4n) is 3.03. The topological polar surface area (TPSA) is 75.9 Å². The number of nitrogens with zero attached hydrogens (tertiary/aromatic N) is 5. The van der Waals surface area contributed by atoms with Crippen molar-refractivity contribution in [3.05, 3.63) is 41.5 Å². The Morgan fingerprint density at radius 1 is 1.39 bits per heavy atom. The fourth-order valence-corrected chi connectivity index (χ4v) is 3.03. The molecular formula is C16H22N6O. The minimum Gasteiger partial charge on any atom is -0.345 e. The van der Waals surface area contributed by atoms with Crippen LogP contribution >= 0.6 is 0 Å². The zero-order valence-electron chi connectivity index (χ0n) is 13.8. The summed E-state index contributed by atoms with van der Waals surface area (Å²) in [5.74, 6) is 0.973. The summed E-state index contributed by atoms with van der Waals surface area (Å²) in [6, 6.07) is 0.303. The number of rotatable bonds is 4. The Morgan fingerprint density at radius 3 is 2.87 bits per heavy atom. The van der Waals surface area contributed by atoms with Gasteiger partial charge in [0.25, 0.3) is 5.91 Å². The van der Waals surface area contributed by atoms with Crippen molar-refractivity contribution < 1.29 is 4.79 Å². The molecule has 0 saturated carbocycles. The first-order chi connectivity index (χ1) is 11.1. The molecule has 1 atom stereocenters. The number of aromatic nitrogens is 4. The smallest absolute Gasteiger partial charge is 0.287 e. The van der Waals surface area contributed by atoms with Gasteiger partial charge in [0, 0.05) is 37.7 Å². The maximum Gasteiger partial charge on any atom is 0.287 e. The molecule has 1 aliphatic rings. The van der Waals surface area contributed by atoms with Crippen molar-refractivity contribution in [2.24, 2.45) is 7.05 Å². The molecule has 0 aromatic carbocycles. The van der Waals surface area contributed by atoms with E-state index < -0.39 is 0 Å². The second-order valence-corrected chi connectivity index (χ2v) is 6.01. The number of amides is 1. The Hall–Kier alpha value is -2.28. The maximum absolute atomic E-state index is 12.2. The number of nitrogens with one attached hydrogen (secondary N) is 1. The highest BCUT2D eigenvalue weighted by Crippen LogP contribution is 2.30. The maximum atomic E-state index is 12.2. The quantitative estimate of drug-likeness (QED) is 0.918. The van der Waals surface area contributed by atoms with Crippen LogP contribution in [-0.2, 0) is 13.6 Å². The molecule has 122 valence electrons. The summed E-state index contributed by atoms with van der Waals surface area (Å²) >= 11 is 0. The molecule has 0 radical (unpaired) electrons. The van der Waals surface area contributed by atoms with E-state index in [0.29, 0.717) is 18.4 Å². The van der Waals surface area contributed by atoms with Crippen LogP contribution in [0.4, 0.5) is 0 Å². The van der Waals surface area contributed by atoms with E-state index in [1.54, 1.807) is 24.0 Å². The van der Waals surface area contributed by atoms with E-state index in [9.17, 15) is 4.79 Å². The van der Waals surface area contributed by atoms with Crippen LogP contribution in [0.15, 0.2) is 18.6 Å². The number of likely N-dealkylation sites (tertiary alicyclic amines) is 1. The number of hydrogen-bond donors (Lipinski definition) is 1. The lowest BCUT2D eigenvalue weighted by Crippen LogP contribution is -2.28. The monoisotopic (exact) mass is 314 g/mol. The second kappa shape index (κ2) is 6.45. The van der Waals surface area contributed by atoms with Crippen molar-refractivity contribution in [3.63, 3.8) is 0 Å². The highest BCUT2D eigenvalue weighted by atomic mass is 16.2. The standard InChI is InChI=1S/C16H22N6O/c1-11-18-9-12(14(20-11)13-5-4-7-21(13)2)10-19-16(23)15-17-6-8-22(15)3/h6,8-9,13H,4-5,7,10H2,1-3H3,(H,19,23). The summed E-state index contributed by atoms with van der Waals surface area (Å²) in [5.41, 5.74) is 1.99. The minimum absolute atomic E-state index is 0.191. The van der Waals surface area contributed by atoms with E-state index in [1.165, 1.54) is 6.42 Å². The van der Waals surface area contributed by atoms with Gasteiger partial charge in [-0.2, -0.15) is 0 Å². The molecule has 3 heterocycles. The molecule has 2 aromatic heterocycles. The summed E-state index contributed by atoms with van der Waals surface area (Å²) in [6.45, 7) is 3.38. The van der Waals surface area contributed by atoms with E-state index >= 15 is 0 Å². The van der Waals surface area contributed by atoms with Gasteiger partial charge in [-0.3, -0.25) is 9.69 Å². The third-order valence-electron chi connectivity index (χ3n) is 4.32. The van der Waals surface area contributed by atoms with Gasteiger partial charge in [-0.25, -0.2) is 15.0 Å². The number of carbonyl (C=O) groups is 1. The largest absolute Gasteiger partial charge is 0.345 e. The molecule has 7 heteroatoms. The predicted octanol–water partition coefficient (Wildman–Crippen LogP) is 1.22. The second-order valence-electron chi connectivity index (χ2n) is 6.01. The number of imidazole rings is 1. The molecule has 0 spiro atoms. The average molecular weight is 314 g/mol. The average Bonchev–Trinajstić information content (AvgIpc) is 3.14. The van der Waals surface area contributed by atoms with E-state index in [-0.39, 0.29) is 5.91 Å². The Balaban J connectivity index is 1.77. The third kappa shape index (κ3) is 3.24. The molecule has 1 aliphatic heterocycles. The summed E-state index contributed by atoms with van der Waals surface area (Å²) in [4.78, 5) is 27.5. The zero-order chi connectivity index (χ0) is 16.4. The first-order valence-electron chi connectivity index (χ1n) is 7.84. The summed E-state index contributed by atoms with van der Waals surface area (Å²) < 4.78 is 1.70. The van der Waals surface area contributed by atoms with Crippen molar-refractivity contribution >= 4 is 5.91 Å². The molecule has 1 saturated heterocycles. The van der Waals surface area contributed by atoms with Gasteiger partial charge in [0.2, 0.25) is 0 Å². The van der Waals surface area contributed by atoms with Gasteiger partial charge >= 0.3 is 0 Å². The Kier molecular flexibility index (Phi) is 4.38. The lowest BCUT2D eigenvalue weighted by molar-refractivity contribution is 0.0937. The van der Waals surface area contributed by atoms with Crippen molar-refractivity contribution in [2.75, 3.05) is 13.6 Å². The van der Waals surface area contributed by atoms with Crippen molar-refractivity contribution in [3.8, 4) is 0 Å². The number of carbonyl (C=O) groups excluding carboxylic acids is 1. The SMILES string of the molecule is Cc1ncc(CNC(=O)c2nccn2C)c(C2CCCN2C)n1. The van der Waals surface area contributed by atoms with Crippen LogP contribution in [0, 0.1) is 6.92 Å². The molecule has 0 bridgehead atoms. The van der Waals surface area contributed by atoms with Crippen LogP contribution in [0.3, 0.4) is 0 Å². The highest BCUT2D eigenvalue weighted by Gasteiger charge is 2.26. The molecular weight excluding hydrogens is 292 g/mol. The molecule has 7 nitrogen and oxygen atoms in total. The number of aryl methyl sites for hydroxylation is 2. The minimum atomic E-state index is -0.191. The van der Waals surface area contributed by atoms with Crippen molar-refractivity contribution in [2.45, 2.75) is 32.4 Å². The molecule has 1 amide bonds. The van der Waals surface area contributed by atoms with Gasteiger partial charge in [0.15, 0.2) is 5.82 Å². The normalized spacial score (nSPS) is 18.3. The lowest BCUT2D eigenvalue weighted by atomic mass is 10.1. The lowest BCUT2D eigenvalue weighted by Gasteiger charge is -2.21. The predicted molar refractivity (Wildman–Crippen MR) is 85.8 cm³/mol. The van der Waals surface area contributed by atoms with E-state index in [4.69, 9.17) is 0 Å². The molecule has 0 aliphatic carbocycles. The molecule has 2 aromatic rings. The van der Waals surface area contributed by atoms with Gasteiger partial charge in [-0.15, -0.1) is 0 Å². The van der Waals surface area contributed by atoms with Gasteiger partial charge in [0.05, 0.1) is 11.7 Å². The van der Waals surface area contributed by atoms with Crippen LogP contribution in [0.1, 0.15) is 46.6 Å². The summed E-state index contributed by atoms with van der Waals surface area (Å²) in [6.07, 6.45) is 7.45. The van der Waals surface area contributed by atoms with Gasteiger partial charge in [-0.05, 0) is 33.4 Å². The van der Waals surface area contributed by atoms with E-state index in [0.717, 1.165) is 30.0 Å². The van der Waals surface area contributed by atoms with Crippen LogP contribution in [-0.4, -0.2) is 43.9 Å². The van der Waals surface area contributed by atoms with Crippen molar-refractivity contribution in [1.29, 1.82) is 0 Å². The molecule has 3 rings (SSSR count). The number of hydrogen-bond acceptors (Lipinski definition) is 5.